The predicted molar refractivity (Wildman–Crippen MR) is 184 cm³/mol. The SMILES string of the molecule is C[C@@H]1O[C@@H](O[C@H]2[C@H](O)[C@@H](O)[C@H](O[C@H]3CC[C@@]4(C)C(=CC[C@H]5[C@@H]6C[C@@H]7O[C@@]8(OC[C@H](CO)C[C@@H]8O)[C@@H](C)[C@@H]7[C@@]6(C)CC[C@@H]54)C3)O[C@@H]2CO)[C@H](O)[C@H](O)[C@H]1O. The Hall–Kier alpha value is -0.820. The van der Waals surface area contributed by atoms with Gasteiger partial charge < -0.3 is 69.3 Å². The van der Waals surface area contributed by atoms with E-state index in [2.05, 4.69) is 26.8 Å². The first-order chi connectivity index (χ1) is 25.2. The van der Waals surface area contributed by atoms with Crippen molar-refractivity contribution in [2.45, 2.75) is 165 Å². The first-order valence-electron chi connectivity index (χ1n) is 20.1. The van der Waals surface area contributed by atoms with Crippen molar-refractivity contribution >= 4 is 0 Å². The lowest BCUT2D eigenvalue weighted by molar-refractivity contribution is -0.360. The number of aliphatic hydroxyl groups excluding tert-OH is 8. The van der Waals surface area contributed by atoms with Crippen molar-refractivity contribution in [1.29, 1.82) is 0 Å². The van der Waals surface area contributed by atoms with Crippen molar-refractivity contribution in [3.8, 4) is 0 Å². The molecule has 8 aliphatic rings. The number of fused-ring (bicyclic) bond motifs is 7. The first kappa shape index (κ1) is 39.0. The molecule has 0 amide bonds. The van der Waals surface area contributed by atoms with E-state index >= 15 is 0 Å². The van der Waals surface area contributed by atoms with Crippen molar-refractivity contribution in [2.24, 2.45) is 46.3 Å². The Bertz CT molecular complexity index is 1360. The first-order valence-corrected chi connectivity index (χ1v) is 20.1. The lowest BCUT2D eigenvalue weighted by Gasteiger charge is -2.59. The van der Waals surface area contributed by atoms with Crippen LogP contribution in [0.4, 0.5) is 0 Å². The van der Waals surface area contributed by atoms with Crippen molar-refractivity contribution in [3.05, 3.63) is 11.6 Å². The van der Waals surface area contributed by atoms with Crippen LogP contribution in [0.5, 0.6) is 0 Å². The number of allylic oxidation sites excluding steroid dienone is 1. The molecule has 4 heterocycles. The second-order valence-corrected chi connectivity index (χ2v) is 18.3. The topological polar surface area (TPSA) is 217 Å². The van der Waals surface area contributed by atoms with Crippen LogP contribution in [0.15, 0.2) is 11.6 Å². The molecule has 1 spiro atoms. The summed E-state index contributed by atoms with van der Waals surface area (Å²) in [6.07, 6.45) is -5.15. The van der Waals surface area contributed by atoms with Gasteiger partial charge in [-0.1, -0.05) is 32.4 Å². The van der Waals surface area contributed by atoms with Crippen LogP contribution in [-0.2, 0) is 28.4 Å². The highest BCUT2D eigenvalue weighted by Crippen LogP contribution is 2.70. The zero-order chi connectivity index (χ0) is 37.8. The fraction of sp³-hybridized carbons (Fsp3) is 0.949. The minimum atomic E-state index is -1.62. The van der Waals surface area contributed by atoms with Crippen LogP contribution >= 0.6 is 0 Å². The molecule has 4 aliphatic heterocycles. The van der Waals surface area contributed by atoms with E-state index in [1.807, 2.05) is 0 Å². The highest BCUT2D eigenvalue weighted by molar-refractivity contribution is 5.26. The summed E-state index contributed by atoms with van der Waals surface area (Å²) in [6.45, 7) is 8.39. The van der Waals surface area contributed by atoms with E-state index in [-0.39, 0.29) is 41.5 Å². The van der Waals surface area contributed by atoms with E-state index in [9.17, 15) is 40.9 Å². The van der Waals surface area contributed by atoms with Crippen molar-refractivity contribution in [3.63, 3.8) is 0 Å². The fourth-order valence-electron chi connectivity index (χ4n) is 12.8. The van der Waals surface area contributed by atoms with Gasteiger partial charge in [0.05, 0.1) is 31.5 Å². The quantitative estimate of drug-likeness (QED) is 0.172. The molecular weight excluding hydrogens is 692 g/mol. The van der Waals surface area contributed by atoms with Gasteiger partial charge >= 0.3 is 0 Å². The fourth-order valence-corrected chi connectivity index (χ4v) is 12.8. The number of aliphatic hydroxyl groups is 8. The molecule has 14 nitrogen and oxygen atoms in total. The van der Waals surface area contributed by atoms with E-state index in [1.54, 1.807) is 0 Å². The second kappa shape index (κ2) is 14.2. The smallest absolute Gasteiger partial charge is 0.197 e. The molecule has 0 aromatic heterocycles. The van der Waals surface area contributed by atoms with Gasteiger partial charge in [0.2, 0.25) is 0 Å². The summed E-state index contributed by atoms with van der Waals surface area (Å²) >= 11 is 0. The van der Waals surface area contributed by atoms with E-state index in [1.165, 1.54) is 12.5 Å². The normalized spacial score (nSPS) is 58.0. The summed E-state index contributed by atoms with van der Waals surface area (Å²) in [7, 11) is 0. The molecule has 22 atom stereocenters. The monoisotopic (exact) mass is 754 g/mol. The molecular formula is C39H62O14. The second-order valence-electron chi connectivity index (χ2n) is 18.3. The van der Waals surface area contributed by atoms with Crippen LogP contribution in [0.2, 0.25) is 0 Å². The van der Waals surface area contributed by atoms with Gasteiger partial charge in [0.15, 0.2) is 18.4 Å². The molecule has 4 aliphatic carbocycles. The third-order valence-electron chi connectivity index (χ3n) is 15.7. The van der Waals surface area contributed by atoms with Crippen LogP contribution in [0.3, 0.4) is 0 Å². The third-order valence-corrected chi connectivity index (χ3v) is 15.7. The van der Waals surface area contributed by atoms with Crippen LogP contribution in [0.1, 0.15) is 79.1 Å². The summed E-state index contributed by atoms with van der Waals surface area (Å²) in [4.78, 5) is 0. The molecule has 4 saturated heterocycles. The van der Waals surface area contributed by atoms with Gasteiger partial charge in [-0.3, -0.25) is 0 Å². The van der Waals surface area contributed by atoms with Gasteiger partial charge in [-0.15, -0.1) is 0 Å². The van der Waals surface area contributed by atoms with Crippen molar-refractivity contribution in [1.82, 2.24) is 0 Å². The van der Waals surface area contributed by atoms with E-state index in [4.69, 9.17) is 28.4 Å². The minimum absolute atomic E-state index is 0.000897. The van der Waals surface area contributed by atoms with Gasteiger partial charge in [0, 0.05) is 18.4 Å². The Morgan fingerprint density at radius 2 is 1.55 bits per heavy atom. The molecule has 0 unspecified atom stereocenters. The number of hydrogen-bond acceptors (Lipinski definition) is 14. The molecule has 3 saturated carbocycles. The number of ether oxygens (including phenoxy) is 6. The van der Waals surface area contributed by atoms with E-state index in [0.717, 1.165) is 38.5 Å². The molecule has 8 N–H and O–H groups in total. The number of rotatable bonds is 6. The average molecular weight is 755 g/mol. The molecule has 14 heteroatoms. The van der Waals surface area contributed by atoms with Gasteiger partial charge in [-0.2, -0.15) is 0 Å². The molecule has 7 fully saturated rings. The summed E-state index contributed by atoms with van der Waals surface area (Å²) in [6, 6.07) is 0. The zero-order valence-corrected chi connectivity index (χ0v) is 31.4. The Kier molecular flexibility index (Phi) is 10.5. The average Bonchev–Trinajstić information content (AvgIpc) is 3.60. The Morgan fingerprint density at radius 3 is 2.26 bits per heavy atom. The van der Waals surface area contributed by atoms with Crippen LogP contribution in [-0.4, -0.2) is 146 Å². The lowest BCUT2D eigenvalue weighted by atomic mass is 9.47. The van der Waals surface area contributed by atoms with Gasteiger partial charge in [-0.25, -0.2) is 0 Å². The summed E-state index contributed by atoms with van der Waals surface area (Å²) < 4.78 is 36.7. The molecule has 302 valence electrons. The molecule has 0 aromatic rings. The Balaban J connectivity index is 0.915. The highest BCUT2D eigenvalue weighted by atomic mass is 16.7. The van der Waals surface area contributed by atoms with Gasteiger partial charge in [-0.05, 0) is 92.8 Å². The van der Waals surface area contributed by atoms with Crippen LogP contribution in [0, 0.1) is 46.3 Å². The maximum atomic E-state index is 11.2. The van der Waals surface area contributed by atoms with Gasteiger partial charge in [0.1, 0.15) is 48.8 Å². The summed E-state index contributed by atoms with van der Waals surface area (Å²) in [5.74, 6) is 0.819. The molecule has 8 rings (SSSR count). The summed E-state index contributed by atoms with van der Waals surface area (Å²) in [5, 5.41) is 84.0. The number of hydrogen-bond donors (Lipinski definition) is 8. The van der Waals surface area contributed by atoms with Crippen LogP contribution < -0.4 is 0 Å². The van der Waals surface area contributed by atoms with Crippen molar-refractivity contribution < 1.29 is 69.3 Å². The van der Waals surface area contributed by atoms with Crippen molar-refractivity contribution in [2.75, 3.05) is 19.8 Å². The summed E-state index contributed by atoms with van der Waals surface area (Å²) in [5.41, 5.74) is 1.45. The Labute approximate surface area is 311 Å². The van der Waals surface area contributed by atoms with Crippen LogP contribution in [0.25, 0.3) is 0 Å². The van der Waals surface area contributed by atoms with E-state index in [0.29, 0.717) is 43.1 Å². The molecule has 0 aromatic carbocycles. The zero-order valence-electron chi connectivity index (χ0n) is 31.4. The lowest BCUT2D eigenvalue weighted by Crippen LogP contribution is -2.64. The van der Waals surface area contributed by atoms with E-state index < -0.39 is 79.9 Å². The molecule has 0 radical (unpaired) electrons. The van der Waals surface area contributed by atoms with Gasteiger partial charge in [0.25, 0.3) is 0 Å². The predicted octanol–water partition coefficient (Wildman–Crippen LogP) is 0.333. The standard InChI is InChI=1S/C39H62O14/c1-17-28-25(53-39(17)27(42)11-19(14-40)16-48-39)13-24-22-6-5-20-12-21(7-9-37(20,3)23(22)8-10-38(24,28)4)50-36-33(47)31(45)34(26(15-41)51-36)52-35-32(46)30(44)29(43)18(2)49-35/h5,17-19,21-36,40-47H,6-16H2,1-4H3/t17-,18-,19-,21-,22+,23-,24-,25-,26+,27-,28-,29-,30+,31+,32+,33+,34+,35-,36+,37-,38-,39-/m0/s1. The minimum Gasteiger partial charge on any atom is -0.396 e. The molecule has 0 bridgehead atoms. The maximum absolute atomic E-state index is 11.2. The third kappa shape index (κ3) is 6.04. The highest BCUT2D eigenvalue weighted by Gasteiger charge is 2.70. The largest absolute Gasteiger partial charge is 0.396 e. The maximum Gasteiger partial charge on any atom is 0.197 e. The Morgan fingerprint density at radius 1 is 0.811 bits per heavy atom. The molecule has 53 heavy (non-hydrogen) atoms.